The van der Waals surface area contributed by atoms with Crippen LogP contribution < -0.4 is 5.32 Å². The summed E-state index contributed by atoms with van der Waals surface area (Å²) in [6.07, 6.45) is 0.860. The molecule has 2 amide bonds. The van der Waals surface area contributed by atoms with Gasteiger partial charge in [0.2, 0.25) is 0 Å². The fourth-order valence-corrected chi connectivity index (χ4v) is 1.88. The minimum atomic E-state index is -1.06. The molecule has 2 N–H and O–H groups in total. The largest absolute Gasteiger partial charge is 0.480 e. The average Bonchev–Trinajstić information content (AvgIpc) is 2.83. The number of carboxylic acid groups (broad SMARTS) is 1. The second kappa shape index (κ2) is 6.23. The Balaban J connectivity index is 2.49. The average molecular weight is 258 g/mol. The summed E-state index contributed by atoms with van der Waals surface area (Å²) in [6, 6.07) is -1.34. The smallest absolute Gasteiger partial charge is 0.326 e. The van der Waals surface area contributed by atoms with Gasteiger partial charge in [-0.05, 0) is 12.8 Å². The Morgan fingerprint density at radius 3 is 2.67 bits per heavy atom. The Morgan fingerprint density at radius 1 is 1.50 bits per heavy atom. The molecule has 0 bridgehead atoms. The van der Waals surface area contributed by atoms with Crippen LogP contribution in [0.5, 0.6) is 0 Å². The van der Waals surface area contributed by atoms with Crippen molar-refractivity contribution in [1.29, 1.82) is 0 Å². The first-order chi connectivity index (χ1) is 8.49. The quantitative estimate of drug-likeness (QED) is 0.695. The SMILES string of the molecule is CC[C@H](NC(=O)N1CCC(C(=O)OC)C1)C(=O)O. The number of likely N-dealkylation sites (tertiary alicyclic amines) is 1. The van der Waals surface area contributed by atoms with E-state index in [2.05, 4.69) is 10.1 Å². The molecule has 1 fully saturated rings. The molecule has 1 aliphatic heterocycles. The van der Waals surface area contributed by atoms with E-state index in [1.54, 1.807) is 6.92 Å². The predicted molar refractivity (Wildman–Crippen MR) is 61.9 cm³/mol. The number of hydrogen-bond donors (Lipinski definition) is 2. The Morgan fingerprint density at radius 2 is 2.17 bits per heavy atom. The standard InChI is InChI=1S/C11H18N2O5/c1-3-8(9(14)15)12-11(17)13-5-4-7(6-13)10(16)18-2/h7-8H,3-6H2,1-2H3,(H,12,17)(H,14,15)/t7?,8-/m0/s1. The Hall–Kier alpha value is -1.79. The highest BCUT2D eigenvalue weighted by atomic mass is 16.5. The molecule has 18 heavy (non-hydrogen) atoms. The molecular weight excluding hydrogens is 240 g/mol. The molecule has 1 rings (SSSR count). The highest BCUT2D eigenvalue weighted by Crippen LogP contribution is 2.17. The molecule has 7 heteroatoms. The molecule has 1 aliphatic rings. The summed E-state index contributed by atoms with van der Waals surface area (Å²) in [6.45, 7) is 2.39. The third kappa shape index (κ3) is 3.35. The van der Waals surface area contributed by atoms with Crippen LogP contribution in [0.3, 0.4) is 0 Å². The van der Waals surface area contributed by atoms with E-state index in [-0.39, 0.29) is 18.4 Å². The molecule has 7 nitrogen and oxygen atoms in total. The Bertz CT molecular complexity index is 344. The van der Waals surface area contributed by atoms with Crippen molar-refractivity contribution in [3.05, 3.63) is 0 Å². The lowest BCUT2D eigenvalue weighted by Gasteiger charge is -2.20. The number of nitrogens with zero attached hydrogens (tertiary/aromatic N) is 1. The fourth-order valence-electron chi connectivity index (χ4n) is 1.88. The number of urea groups is 1. The number of ether oxygens (including phenoxy) is 1. The van der Waals surface area contributed by atoms with Crippen LogP contribution in [-0.2, 0) is 14.3 Å². The van der Waals surface area contributed by atoms with Crippen molar-refractivity contribution in [2.45, 2.75) is 25.8 Å². The van der Waals surface area contributed by atoms with Crippen molar-refractivity contribution < 1.29 is 24.2 Å². The van der Waals surface area contributed by atoms with E-state index in [0.717, 1.165) is 0 Å². The van der Waals surface area contributed by atoms with Crippen LogP contribution in [0.2, 0.25) is 0 Å². The van der Waals surface area contributed by atoms with Crippen molar-refractivity contribution in [2.24, 2.45) is 5.92 Å². The number of nitrogens with one attached hydrogen (secondary N) is 1. The summed E-state index contributed by atoms with van der Waals surface area (Å²) < 4.78 is 4.61. The number of carbonyl (C=O) groups is 3. The zero-order valence-corrected chi connectivity index (χ0v) is 10.5. The number of hydrogen-bond acceptors (Lipinski definition) is 4. The van der Waals surface area contributed by atoms with Gasteiger partial charge in [-0.15, -0.1) is 0 Å². The molecule has 0 aromatic rings. The molecule has 0 aromatic heterocycles. The molecule has 2 atom stereocenters. The summed E-state index contributed by atoms with van der Waals surface area (Å²) in [5.41, 5.74) is 0. The highest BCUT2D eigenvalue weighted by Gasteiger charge is 2.32. The summed E-state index contributed by atoms with van der Waals surface area (Å²) >= 11 is 0. The van der Waals surface area contributed by atoms with Gasteiger partial charge in [-0.25, -0.2) is 9.59 Å². The van der Waals surface area contributed by atoms with Crippen LogP contribution in [0.15, 0.2) is 0 Å². The van der Waals surface area contributed by atoms with Crippen molar-refractivity contribution in [3.8, 4) is 0 Å². The molecule has 1 saturated heterocycles. The molecule has 102 valence electrons. The Labute approximate surface area is 105 Å². The van der Waals surface area contributed by atoms with Gasteiger partial charge < -0.3 is 20.1 Å². The van der Waals surface area contributed by atoms with E-state index in [1.807, 2.05) is 0 Å². The number of esters is 1. The second-order valence-electron chi connectivity index (χ2n) is 4.20. The lowest BCUT2D eigenvalue weighted by atomic mass is 10.1. The van der Waals surface area contributed by atoms with E-state index in [1.165, 1.54) is 12.0 Å². The van der Waals surface area contributed by atoms with Crippen LogP contribution in [0.25, 0.3) is 0 Å². The topological polar surface area (TPSA) is 95.9 Å². The van der Waals surface area contributed by atoms with Gasteiger partial charge >= 0.3 is 18.0 Å². The first-order valence-corrected chi connectivity index (χ1v) is 5.85. The number of amides is 2. The molecule has 0 saturated carbocycles. The van der Waals surface area contributed by atoms with E-state index in [4.69, 9.17) is 5.11 Å². The molecular formula is C11H18N2O5. The van der Waals surface area contributed by atoms with E-state index >= 15 is 0 Å². The predicted octanol–water partition coefficient (Wildman–Crippen LogP) is 0.0541. The van der Waals surface area contributed by atoms with Gasteiger partial charge in [0.1, 0.15) is 6.04 Å². The zero-order valence-electron chi connectivity index (χ0n) is 10.5. The first kappa shape index (κ1) is 14.3. The van der Waals surface area contributed by atoms with Gasteiger partial charge in [0.15, 0.2) is 0 Å². The van der Waals surface area contributed by atoms with Gasteiger partial charge in [0, 0.05) is 13.1 Å². The van der Waals surface area contributed by atoms with Gasteiger partial charge in [0.05, 0.1) is 13.0 Å². The third-order valence-corrected chi connectivity index (χ3v) is 3.01. The normalized spacial score (nSPS) is 20.3. The second-order valence-corrected chi connectivity index (χ2v) is 4.20. The molecule has 1 heterocycles. The van der Waals surface area contributed by atoms with Crippen molar-refractivity contribution in [1.82, 2.24) is 10.2 Å². The van der Waals surface area contributed by atoms with Crippen molar-refractivity contribution >= 4 is 18.0 Å². The first-order valence-electron chi connectivity index (χ1n) is 5.85. The maximum atomic E-state index is 11.8. The number of methoxy groups -OCH3 is 1. The number of carbonyl (C=O) groups excluding carboxylic acids is 2. The third-order valence-electron chi connectivity index (χ3n) is 3.01. The fraction of sp³-hybridized carbons (Fsp3) is 0.727. The van der Waals surface area contributed by atoms with Crippen LogP contribution >= 0.6 is 0 Å². The zero-order chi connectivity index (χ0) is 13.7. The van der Waals surface area contributed by atoms with Gasteiger partial charge in [0.25, 0.3) is 0 Å². The maximum absolute atomic E-state index is 11.8. The van der Waals surface area contributed by atoms with Crippen LogP contribution in [0.4, 0.5) is 4.79 Å². The van der Waals surface area contributed by atoms with Crippen molar-refractivity contribution in [3.63, 3.8) is 0 Å². The molecule has 0 radical (unpaired) electrons. The number of rotatable bonds is 4. The minimum Gasteiger partial charge on any atom is -0.480 e. The monoisotopic (exact) mass is 258 g/mol. The van der Waals surface area contributed by atoms with Crippen LogP contribution in [0, 0.1) is 5.92 Å². The summed E-state index contributed by atoms with van der Waals surface area (Å²) in [4.78, 5) is 35.3. The summed E-state index contributed by atoms with van der Waals surface area (Å²) in [7, 11) is 1.31. The van der Waals surface area contributed by atoms with Gasteiger partial charge in [-0.3, -0.25) is 4.79 Å². The summed E-state index contributed by atoms with van der Waals surface area (Å²) in [5, 5.41) is 11.3. The maximum Gasteiger partial charge on any atom is 0.326 e. The molecule has 0 aliphatic carbocycles. The number of aliphatic carboxylic acids is 1. The number of carboxylic acids is 1. The molecule has 0 aromatic carbocycles. The van der Waals surface area contributed by atoms with E-state index in [0.29, 0.717) is 19.4 Å². The minimum absolute atomic E-state index is 0.272. The van der Waals surface area contributed by atoms with Crippen molar-refractivity contribution in [2.75, 3.05) is 20.2 Å². The van der Waals surface area contributed by atoms with Gasteiger partial charge in [-0.2, -0.15) is 0 Å². The van der Waals surface area contributed by atoms with E-state index < -0.39 is 18.0 Å². The van der Waals surface area contributed by atoms with E-state index in [9.17, 15) is 14.4 Å². The van der Waals surface area contributed by atoms with Gasteiger partial charge in [-0.1, -0.05) is 6.92 Å². The lowest BCUT2D eigenvalue weighted by molar-refractivity contribution is -0.145. The Kier molecular flexibility index (Phi) is 4.94. The van der Waals surface area contributed by atoms with Crippen LogP contribution in [0.1, 0.15) is 19.8 Å². The molecule has 1 unspecified atom stereocenters. The highest BCUT2D eigenvalue weighted by molar-refractivity contribution is 5.83. The lowest BCUT2D eigenvalue weighted by Crippen LogP contribution is -2.47. The van der Waals surface area contributed by atoms with Crippen LogP contribution in [-0.4, -0.2) is 54.2 Å². The molecule has 0 spiro atoms. The summed E-state index contributed by atoms with van der Waals surface area (Å²) in [5.74, 6) is -1.71.